The quantitative estimate of drug-likeness (QED) is 0.703. The molecule has 0 spiro atoms. The first kappa shape index (κ1) is 19.9. The molecule has 0 saturated carbocycles. The second kappa shape index (κ2) is 10.4. The summed E-state index contributed by atoms with van der Waals surface area (Å²) in [4.78, 5) is 15.6. The fourth-order valence-electron chi connectivity index (χ4n) is 3.11. The van der Waals surface area contributed by atoms with E-state index in [1.807, 2.05) is 18.2 Å². The summed E-state index contributed by atoms with van der Waals surface area (Å²) >= 11 is 1.56. The molecule has 3 rings (SSSR count). The Kier molecular flexibility index (Phi) is 7.68. The van der Waals surface area contributed by atoms with Crippen LogP contribution >= 0.6 is 11.8 Å². The van der Waals surface area contributed by atoms with E-state index in [1.165, 1.54) is 17.7 Å². The molecule has 1 fully saturated rings. The number of amides is 1. The van der Waals surface area contributed by atoms with Crippen LogP contribution in [0.5, 0.6) is 0 Å². The van der Waals surface area contributed by atoms with Crippen LogP contribution in [-0.2, 0) is 9.53 Å². The van der Waals surface area contributed by atoms with Crippen LogP contribution in [0.3, 0.4) is 0 Å². The van der Waals surface area contributed by atoms with Crippen molar-refractivity contribution in [2.75, 3.05) is 38.6 Å². The Morgan fingerprint density at radius 2 is 1.81 bits per heavy atom. The molecule has 6 heteroatoms. The molecule has 1 atom stereocenters. The predicted octanol–water partition coefficient (Wildman–Crippen LogP) is 3.50. The van der Waals surface area contributed by atoms with Crippen molar-refractivity contribution in [3.05, 3.63) is 66.0 Å². The van der Waals surface area contributed by atoms with Crippen LogP contribution in [0.15, 0.2) is 59.5 Å². The molecule has 0 bridgehead atoms. The van der Waals surface area contributed by atoms with Gasteiger partial charge in [0.05, 0.1) is 19.3 Å². The van der Waals surface area contributed by atoms with Crippen molar-refractivity contribution >= 4 is 17.7 Å². The molecule has 0 aromatic heterocycles. The molecule has 4 nitrogen and oxygen atoms in total. The lowest BCUT2D eigenvalue weighted by Gasteiger charge is -2.35. The lowest BCUT2D eigenvalue weighted by molar-refractivity contribution is -0.121. The molecule has 1 unspecified atom stereocenters. The van der Waals surface area contributed by atoms with Gasteiger partial charge in [-0.2, -0.15) is 0 Å². The number of morpholine rings is 1. The lowest BCUT2D eigenvalue weighted by atomic mass is 10.0. The second-order valence-electron chi connectivity index (χ2n) is 6.43. The topological polar surface area (TPSA) is 41.6 Å². The molecule has 2 aromatic rings. The highest BCUT2D eigenvalue weighted by Gasteiger charge is 2.22. The SMILES string of the molecule is O=C(CCSc1ccc(F)cc1)NCC(c1ccccc1)N1CCOCC1. The Balaban J connectivity index is 1.48. The Labute approximate surface area is 164 Å². The summed E-state index contributed by atoms with van der Waals surface area (Å²) < 4.78 is 18.4. The van der Waals surface area contributed by atoms with Crippen LogP contribution in [-0.4, -0.2) is 49.4 Å². The minimum absolute atomic E-state index is 0.0406. The maximum Gasteiger partial charge on any atom is 0.220 e. The van der Waals surface area contributed by atoms with Gasteiger partial charge in [0.1, 0.15) is 5.82 Å². The number of nitrogens with one attached hydrogen (secondary N) is 1. The van der Waals surface area contributed by atoms with Crippen LogP contribution in [0.4, 0.5) is 4.39 Å². The first-order valence-electron chi connectivity index (χ1n) is 9.24. The third-order valence-corrected chi connectivity index (χ3v) is 5.59. The number of hydrogen-bond donors (Lipinski definition) is 1. The van der Waals surface area contributed by atoms with Gasteiger partial charge in [-0.15, -0.1) is 11.8 Å². The van der Waals surface area contributed by atoms with Crippen LogP contribution < -0.4 is 5.32 Å². The van der Waals surface area contributed by atoms with Gasteiger partial charge >= 0.3 is 0 Å². The Morgan fingerprint density at radius 3 is 2.52 bits per heavy atom. The fraction of sp³-hybridized carbons (Fsp3) is 0.381. The summed E-state index contributed by atoms with van der Waals surface area (Å²) in [5.74, 6) is 0.469. The fourth-order valence-corrected chi connectivity index (χ4v) is 3.97. The molecule has 0 radical (unpaired) electrons. The molecule has 1 aliphatic rings. The van der Waals surface area contributed by atoms with E-state index in [0.717, 1.165) is 31.2 Å². The molecule has 1 N–H and O–H groups in total. The van der Waals surface area contributed by atoms with Crippen molar-refractivity contribution in [3.63, 3.8) is 0 Å². The number of nitrogens with zero attached hydrogens (tertiary/aromatic N) is 1. The van der Waals surface area contributed by atoms with E-state index in [4.69, 9.17) is 4.74 Å². The van der Waals surface area contributed by atoms with E-state index in [0.29, 0.717) is 18.7 Å². The Hall–Kier alpha value is -1.89. The number of benzene rings is 2. The Bertz CT molecular complexity index is 706. The molecular weight excluding hydrogens is 363 g/mol. The van der Waals surface area contributed by atoms with Crippen molar-refractivity contribution in [3.8, 4) is 0 Å². The van der Waals surface area contributed by atoms with Gasteiger partial charge in [-0.25, -0.2) is 4.39 Å². The molecule has 1 heterocycles. The van der Waals surface area contributed by atoms with Gasteiger partial charge < -0.3 is 10.1 Å². The number of carbonyl (C=O) groups is 1. The van der Waals surface area contributed by atoms with E-state index in [9.17, 15) is 9.18 Å². The van der Waals surface area contributed by atoms with Crippen molar-refractivity contribution in [1.29, 1.82) is 0 Å². The largest absolute Gasteiger partial charge is 0.379 e. The zero-order valence-electron chi connectivity index (χ0n) is 15.3. The van der Waals surface area contributed by atoms with Crippen molar-refractivity contribution in [2.45, 2.75) is 17.4 Å². The van der Waals surface area contributed by atoms with E-state index in [-0.39, 0.29) is 17.8 Å². The molecule has 27 heavy (non-hydrogen) atoms. The molecule has 1 saturated heterocycles. The summed E-state index contributed by atoms with van der Waals surface area (Å²) in [6.45, 7) is 3.78. The van der Waals surface area contributed by atoms with E-state index >= 15 is 0 Å². The normalized spacial score (nSPS) is 16.0. The number of carbonyl (C=O) groups excluding carboxylic acids is 1. The van der Waals surface area contributed by atoms with Crippen LogP contribution in [0.1, 0.15) is 18.0 Å². The molecule has 0 aliphatic carbocycles. The van der Waals surface area contributed by atoms with E-state index in [2.05, 4.69) is 22.3 Å². The van der Waals surface area contributed by atoms with Crippen LogP contribution in [0.2, 0.25) is 0 Å². The number of hydrogen-bond acceptors (Lipinski definition) is 4. The minimum atomic E-state index is -0.243. The third-order valence-electron chi connectivity index (χ3n) is 4.57. The van der Waals surface area contributed by atoms with Gasteiger partial charge in [-0.05, 0) is 29.8 Å². The molecular formula is C21H25FN2O2S. The van der Waals surface area contributed by atoms with Gasteiger partial charge in [-0.3, -0.25) is 9.69 Å². The number of halogens is 1. The smallest absolute Gasteiger partial charge is 0.220 e. The maximum atomic E-state index is 12.9. The average Bonchev–Trinajstić information content (AvgIpc) is 2.71. The van der Waals surface area contributed by atoms with Gasteiger partial charge in [0, 0.05) is 36.7 Å². The van der Waals surface area contributed by atoms with E-state index < -0.39 is 0 Å². The molecule has 144 valence electrons. The number of thioether (sulfide) groups is 1. The predicted molar refractivity (Wildman–Crippen MR) is 106 cm³/mol. The summed E-state index contributed by atoms with van der Waals surface area (Å²) in [6.07, 6.45) is 0.437. The molecule has 1 aliphatic heterocycles. The highest BCUT2D eigenvalue weighted by atomic mass is 32.2. The van der Waals surface area contributed by atoms with Crippen LogP contribution in [0.25, 0.3) is 0 Å². The van der Waals surface area contributed by atoms with Crippen molar-refractivity contribution < 1.29 is 13.9 Å². The minimum Gasteiger partial charge on any atom is -0.379 e. The first-order chi connectivity index (χ1) is 13.2. The summed E-state index contributed by atoms with van der Waals surface area (Å²) in [5.41, 5.74) is 1.21. The average molecular weight is 389 g/mol. The zero-order chi connectivity index (χ0) is 18.9. The Morgan fingerprint density at radius 1 is 1.11 bits per heavy atom. The zero-order valence-corrected chi connectivity index (χ0v) is 16.1. The first-order valence-corrected chi connectivity index (χ1v) is 10.2. The van der Waals surface area contributed by atoms with Crippen molar-refractivity contribution in [2.24, 2.45) is 0 Å². The molecule has 1 amide bonds. The molecule has 2 aromatic carbocycles. The summed E-state index contributed by atoms with van der Waals surface area (Å²) in [7, 11) is 0. The monoisotopic (exact) mass is 388 g/mol. The van der Waals surface area contributed by atoms with Gasteiger partial charge in [0.2, 0.25) is 5.91 Å². The van der Waals surface area contributed by atoms with Gasteiger partial charge in [0.25, 0.3) is 0 Å². The lowest BCUT2D eigenvalue weighted by Crippen LogP contribution is -2.43. The number of ether oxygens (including phenoxy) is 1. The second-order valence-corrected chi connectivity index (χ2v) is 7.60. The summed E-state index contributed by atoms with van der Waals surface area (Å²) in [6, 6.07) is 16.8. The highest BCUT2D eigenvalue weighted by Crippen LogP contribution is 2.22. The van der Waals surface area contributed by atoms with Crippen molar-refractivity contribution in [1.82, 2.24) is 10.2 Å². The maximum absolute atomic E-state index is 12.9. The van der Waals surface area contributed by atoms with Crippen LogP contribution in [0, 0.1) is 5.82 Å². The van der Waals surface area contributed by atoms with E-state index in [1.54, 1.807) is 23.9 Å². The van der Waals surface area contributed by atoms with Gasteiger partial charge in [-0.1, -0.05) is 30.3 Å². The summed E-state index contributed by atoms with van der Waals surface area (Å²) in [5, 5.41) is 3.08. The third kappa shape index (κ3) is 6.34. The highest BCUT2D eigenvalue weighted by molar-refractivity contribution is 7.99. The number of rotatable bonds is 8. The standard InChI is InChI=1S/C21H25FN2O2S/c22-18-6-8-19(9-7-18)27-15-10-21(25)23-16-20(17-4-2-1-3-5-17)24-11-13-26-14-12-24/h1-9,20H,10-16H2,(H,23,25). The van der Waals surface area contributed by atoms with Gasteiger partial charge in [0.15, 0.2) is 0 Å².